The van der Waals surface area contributed by atoms with E-state index >= 15 is 0 Å². The van der Waals surface area contributed by atoms with Gasteiger partial charge in [0.25, 0.3) is 0 Å². The highest BCUT2D eigenvalue weighted by Gasteiger charge is 2.39. The second-order valence-corrected chi connectivity index (χ2v) is 8.33. The molecule has 25 heavy (non-hydrogen) atoms. The fourth-order valence-corrected chi connectivity index (χ4v) is 5.50. The number of carbonyl (C=O) groups is 1. The van der Waals surface area contributed by atoms with E-state index in [0.717, 1.165) is 17.8 Å². The average Bonchev–Trinajstić information content (AvgIpc) is 3.03. The van der Waals surface area contributed by atoms with Crippen molar-refractivity contribution in [1.82, 2.24) is 5.32 Å². The van der Waals surface area contributed by atoms with Crippen LogP contribution in [0.3, 0.4) is 0 Å². The van der Waals surface area contributed by atoms with Crippen LogP contribution in [-0.4, -0.2) is 47.9 Å². The summed E-state index contributed by atoms with van der Waals surface area (Å²) < 4.78 is 17.5. The smallest absolute Gasteiger partial charge is 0.374 e. The molecule has 7 nitrogen and oxygen atoms in total. The van der Waals surface area contributed by atoms with Gasteiger partial charge in [0.15, 0.2) is 0 Å². The molecule has 1 aromatic carbocycles. The van der Waals surface area contributed by atoms with Gasteiger partial charge >= 0.3 is 14.8 Å². The third-order valence-corrected chi connectivity index (χ3v) is 7.05. The first-order valence-electron chi connectivity index (χ1n) is 8.96. The van der Waals surface area contributed by atoms with Crippen LogP contribution in [0.2, 0.25) is 6.04 Å². The van der Waals surface area contributed by atoms with Crippen LogP contribution in [-0.2, 0) is 13.3 Å². The van der Waals surface area contributed by atoms with Crippen molar-refractivity contribution in [2.45, 2.75) is 33.2 Å². The lowest BCUT2D eigenvalue weighted by atomic mass is 10.3. The first-order valence-corrected chi connectivity index (χ1v) is 10.9. The monoisotopic (exact) mass is 367 g/mol. The number of hydrogen-bond acceptors (Lipinski definition) is 5. The molecule has 0 saturated heterocycles. The molecule has 0 spiro atoms. The van der Waals surface area contributed by atoms with Crippen LogP contribution >= 0.6 is 0 Å². The van der Waals surface area contributed by atoms with E-state index in [-0.39, 0.29) is 6.03 Å². The van der Waals surface area contributed by atoms with Crippen molar-refractivity contribution < 1.29 is 18.1 Å². The molecular weight excluding hydrogens is 338 g/mol. The lowest BCUT2D eigenvalue weighted by molar-refractivity contribution is 0.0708. The molecule has 2 amide bonds. The van der Waals surface area contributed by atoms with Crippen molar-refractivity contribution in [1.29, 1.82) is 0 Å². The normalized spacial score (nSPS) is 13.5. The van der Waals surface area contributed by atoms with Crippen molar-refractivity contribution >= 4 is 26.2 Å². The summed E-state index contributed by atoms with van der Waals surface area (Å²) in [4.78, 5) is 14.1. The fraction of sp³-hybridized carbons (Fsp3) is 0.588. The Morgan fingerprint density at radius 2 is 1.80 bits per heavy atom. The summed E-state index contributed by atoms with van der Waals surface area (Å²) in [7, 11) is -2.63. The zero-order valence-corrected chi connectivity index (χ0v) is 16.3. The molecule has 2 rings (SSSR count). The molecule has 0 aromatic heterocycles. The zero-order valence-electron chi connectivity index (χ0n) is 15.3. The average molecular weight is 368 g/mol. The van der Waals surface area contributed by atoms with Crippen LogP contribution in [0.15, 0.2) is 24.3 Å². The van der Waals surface area contributed by atoms with E-state index in [4.69, 9.17) is 13.3 Å². The van der Waals surface area contributed by atoms with Crippen molar-refractivity contribution in [3.63, 3.8) is 0 Å². The summed E-state index contributed by atoms with van der Waals surface area (Å²) in [6.45, 7) is 8.57. The third-order valence-electron chi connectivity index (χ3n) is 3.90. The number of fused-ring (bicyclic) bond motifs is 1. The third kappa shape index (κ3) is 5.18. The van der Waals surface area contributed by atoms with Gasteiger partial charge in [-0.15, -0.1) is 0 Å². The number of nitrogens with zero attached hydrogens (tertiary/aromatic N) is 1. The highest BCUT2D eigenvalue weighted by molar-refractivity contribution is 6.60. The maximum absolute atomic E-state index is 12.4. The maximum atomic E-state index is 12.4. The second-order valence-electron chi connectivity index (χ2n) is 5.60. The summed E-state index contributed by atoms with van der Waals surface area (Å²) in [6, 6.07) is 8.37. The van der Waals surface area contributed by atoms with Gasteiger partial charge in [0.2, 0.25) is 0 Å². The summed E-state index contributed by atoms with van der Waals surface area (Å²) in [5.74, 6) is 0. The lowest BCUT2D eigenvalue weighted by Crippen LogP contribution is -2.47. The van der Waals surface area contributed by atoms with Crippen LogP contribution in [0.4, 0.5) is 16.2 Å². The number of para-hydroxylation sites is 2. The highest BCUT2D eigenvalue weighted by atomic mass is 28.4. The number of carbonyl (C=O) groups excluding carboxylic acids is 1. The molecule has 1 aliphatic rings. The maximum Gasteiger partial charge on any atom is 0.500 e. The number of rotatable bonds is 10. The topological polar surface area (TPSA) is 72.1 Å². The van der Waals surface area contributed by atoms with Crippen molar-refractivity contribution in [3.8, 4) is 0 Å². The Labute approximate surface area is 151 Å². The summed E-state index contributed by atoms with van der Waals surface area (Å²) in [6.07, 6.45) is 0.751. The molecule has 0 bridgehead atoms. The first kappa shape index (κ1) is 19.7. The van der Waals surface area contributed by atoms with Gasteiger partial charge in [-0.25, -0.2) is 4.79 Å². The Bertz CT molecular complexity index is 541. The summed E-state index contributed by atoms with van der Waals surface area (Å²) in [5.41, 5.74) is 1.88. The molecule has 0 radical (unpaired) electrons. The molecule has 140 valence electrons. The van der Waals surface area contributed by atoms with Gasteiger partial charge in [0.05, 0.1) is 18.0 Å². The van der Waals surface area contributed by atoms with E-state index in [9.17, 15) is 4.79 Å². The number of nitrogens with one attached hydrogen (secondary N) is 2. The van der Waals surface area contributed by atoms with E-state index in [1.807, 2.05) is 45.0 Å². The largest absolute Gasteiger partial charge is 0.500 e. The SMILES string of the molecule is CCO[Si](CCCNC(=O)N1CNc2ccccc21)(OCC)OCC. The second kappa shape index (κ2) is 9.76. The zero-order chi connectivity index (χ0) is 18.1. The van der Waals surface area contributed by atoms with Gasteiger partial charge in [-0.2, -0.15) is 0 Å². The minimum absolute atomic E-state index is 0.103. The van der Waals surface area contributed by atoms with Crippen LogP contribution in [0.25, 0.3) is 0 Å². The Morgan fingerprint density at radius 3 is 2.44 bits per heavy atom. The molecule has 2 N–H and O–H groups in total. The van der Waals surface area contributed by atoms with E-state index < -0.39 is 8.80 Å². The minimum atomic E-state index is -2.63. The molecule has 0 atom stereocenters. The summed E-state index contributed by atoms with van der Waals surface area (Å²) in [5, 5.41) is 6.17. The first-order chi connectivity index (χ1) is 12.2. The number of amides is 2. The highest BCUT2D eigenvalue weighted by Crippen LogP contribution is 2.30. The van der Waals surface area contributed by atoms with E-state index in [1.54, 1.807) is 4.90 Å². The quantitative estimate of drug-likeness (QED) is 0.491. The molecule has 1 aromatic rings. The van der Waals surface area contributed by atoms with Crippen LogP contribution in [0.5, 0.6) is 0 Å². The van der Waals surface area contributed by atoms with Crippen molar-refractivity contribution in [3.05, 3.63) is 24.3 Å². The lowest BCUT2D eigenvalue weighted by Gasteiger charge is -2.28. The Morgan fingerprint density at radius 1 is 1.16 bits per heavy atom. The number of urea groups is 1. The molecule has 8 heteroatoms. The number of anilines is 2. The number of hydrogen-bond donors (Lipinski definition) is 2. The molecule has 0 aliphatic carbocycles. The van der Waals surface area contributed by atoms with Gasteiger partial charge in [-0.3, -0.25) is 4.90 Å². The molecule has 0 saturated carbocycles. The Balaban J connectivity index is 1.82. The minimum Gasteiger partial charge on any atom is -0.374 e. The predicted octanol–water partition coefficient (Wildman–Crippen LogP) is 3.02. The van der Waals surface area contributed by atoms with Gasteiger partial charge in [0.1, 0.15) is 0 Å². The summed E-state index contributed by atoms with van der Waals surface area (Å²) >= 11 is 0. The predicted molar refractivity (Wildman–Crippen MR) is 101 cm³/mol. The molecule has 1 aliphatic heterocycles. The molecule has 0 fully saturated rings. The van der Waals surface area contributed by atoms with Crippen LogP contribution in [0.1, 0.15) is 27.2 Å². The van der Waals surface area contributed by atoms with E-state index in [2.05, 4.69) is 10.6 Å². The van der Waals surface area contributed by atoms with Crippen LogP contribution in [0, 0.1) is 0 Å². The standard InChI is InChI=1S/C17H29N3O4Si/c1-4-22-25(23-5-2,24-6-3)13-9-12-18-17(21)20-14-19-15-10-7-8-11-16(15)20/h7-8,10-11,19H,4-6,9,12-14H2,1-3H3,(H,18,21). The van der Waals surface area contributed by atoms with E-state index in [0.29, 0.717) is 39.1 Å². The van der Waals surface area contributed by atoms with Crippen LogP contribution < -0.4 is 15.5 Å². The van der Waals surface area contributed by atoms with E-state index in [1.165, 1.54) is 0 Å². The van der Waals surface area contributed by atoms with Gasteiger partial charge in [-0.1, -0.05) is 12.1 Å². The molecule has 0 unspecified atom stereocenters. The molecule has 1 heterocycles. The Kier molecular flexibility index (Phi) is 7.70. The van der Waals surface area contributed by atoms with Gasteiger partial charge in [-0.05, 0) is 39.3 Å². The number of benzene rings is 1. The Hall–Kier alpha value is -1.61. The van der Waals surface area contributed by atoms with Gasteiger partial charge < -0.3 is 23.9 Å². The van der Waals surface area contributed by atoms with Crippen molar-refractivity contribution in [2.24, 2.45) is 0 Å². The van der Waals surface area contributed by atoms with Gasteiger partial charge in [0, 0.05) is 32.4 Å². The molecular formula is C17H29N3O4Si. The fourth-order valence-electron chi connectivity index (χ4n) is 2.89. The van der Waals surface area contributed by atoms with Crippen molar-refractivity contribution in [2.75, 3.05) is 43.3 Å².